The van der Waals surface area contributed by atoms with Crippen molar-refractivity contribution in [3.05, 3.63) is 80.8 Å². The molecule has 6 heteroatoms. The molecule has 0 radical (unpaired) electrons. The number of ether oxygens (including phenoxy) is 1. The van der Waals surface area contributed by atoms with E-state index in [0.29, 0.717) is 29.5 Å². The zero-order chi connectivity index (χ0) is 19.2. The Morgan fingerprint density at radius 1 is 1.19 bits per heavy atom. The Balaban J connectivity index is 1.72. The fraction of sp³-hybridized carbons (Fsp3) is 0.238. The van der Waals surface area contributed by atoms with Crippen LogP contribution in [0.3, 0.4) is 0 Å². The molecule has 0 N–H and O–H groups in total. The van der Waals surface area contributed by atoms with Crippen LogP contribution >= 0.6 is 22.9 Å². The van der Waals surface area contributed by atoms with Crippen LogP contribution in [-0.2, 0) is 19.6 Å². The minimum atomic E-state index is -0.101. The molecule has 0 saturated heterocycles. The number of aromatic nitrogens is 1. The standard InChI is InChI=1S/C21H21ClN2O2S/c1-3-20-23-16(14-27-20)12-24(2)21(25)17-9-5-7-11-19(17)26-13-15-8-4-6-10-18(15)22/h4-11,14H,3,12-13H2,1-2H3. The van der Waals surface area contributed by atoms with Gasteiger partial charge < -0.3 is 9.64 Å². The number of aryl methyl sites for hydroxylation is 1. The first kappa shape index (κ1) is 19.4. The van der Waals surface area contributed by atoms with E-state index in [1.807, 2.05) is 41.8 Å². The van der Waals surface area contributed by atoms with Crippen LogP contribution in [0.2, 0.25) is 5.02 Å². The van der Waals surface area contributed by atoms with Gasteiger partial charge in [0, 0.05) is 23.0 Å². The molecule has 27 heavy (non-hydrogen) atoms. The Hall–Kier alpha value is -2.37. The van der Waals surface area contributed by atoms with Gasteiger partial charge >= 0.3 is 0 Å². The first-order chi connectivity index (χ1) is 13.1. The summed E-state index contributed by atoms with van der Waals surface area (Å²) in [5, 5.41) is 3.73. The summed E-state index contributed by atoms with van der Waals surface area (Å²) in [5.74, 6) is 0.442. The number of para-hydroxylation sites is 1. The van der Waals surface area contributed by atoms with Crippen molar-refractivity contribution in [1.82, 2.24) is 9.88 Å². The molecular weight excluding hydrogens is 380 g/mol. The lowest BCUT2D eigenvalue weighted by molar-refractivity contribution is 0.0778. The van der Waals surface area contributed by atoms with Gasteiger partial charge in [-0.25, -0.2) is 4.98 Å². The van der Waals surface area contributed by atoms with Crippen molar-refractivity contribution in [2.75, 3.05) is 7.05 Å². The average molecular weight is 401 g/mol. The molecule has 0 saturated carbocycles. The summed E-state index contributed by atoms with van der Waals surface area (Å²) in [6.45, 7) is 2.85. The molecule has 1 heterocycles. The van der Waals surface area contributed by atoms with Gasteiger partial charge in [0.05, 0.1) is 22.8 Å². The van der Waals surface area contributed by atoms with E-state index in [4.69, 9.17) is 16.3 Å². The van der Waals surface area contributed by atoms with Crippen LogP contribution in [0.4, 0.5) is 0 Å². The third-order valence-electron chi connectivity index (χ3n) is 4.11. The van der Waals surface area contributed by atoms with Crippen molar-refractivity contribution in [2.45, 2.75) is 26.5 Å². The van der Waals surface area contributed by atoms with Crippen molar-refractivity contribution >= 4 is 28.8 Å². The summed E-state index contributed by atoms with van der Waals surface area (Å²) in [6, 6.07) is 14.8. The van der Waals surface area contributed by atoms with Crippen LogP contribution < -0.4 is 4.74 Å². The summed E-state index contributed by atoms with van der Waals surface area (Å²) in [4.78, 5) is 19.1. The average Bonchev–Trinajstić information content (AvgIpc) is 3.14. The van der Waals surface area contributed by atoms with E-state index in [2.05, 4.69) is 11.9 Å². The quantitative estimate of drug-likeness (QED) is 0.546. The molecule has 140 valence electrons. The van der Waals surface area contributed by atoms with E-state index in [1.54, 1.807) is 35.4 Å². The monoisotopic (exact) mass is 400 g/mol. The predicted octanol–water partition coefficient (Wildman–Crippen LogP) is 5.21. The number of carbonyl (C=O) groups excluding carboxylic acids is 1. The third kappa shape index (κ3) is 4.87. The number of amides is 1. The van der Waals surface area contributed by atoms with Gasteiger partial charge in [-0.3, -0.25) is 4.79 Å². The molecule has 4 nitrogen and oxygen atoms in total. The maximum Gasteiger partial charge on any atom is 0.257 e. The van der Waals surface area contributed by atoms with Gasteiger partial charge in [-0.1, -0.05) is 48.9 Å². The number of hydrogen-bond donors (Lipinski definition) is 0. The van der Waals surface area contributed by atoms with Gasteiger partial charge in [-0.2, -0.15) is 0 Å². The normalized spacial score (nSPS) is 10.6. The highest BCUT2D eigenvalue weighted by Crippen LogP contribution is 2.23. The van der Waals surface area contributed by atoms with Gasteiger partial charge in [0.1, 0.15) is 12.4 Å². The Kier molecular flexibility index (Phi) is 6.48. The highest BCUT2D eigenvalue weighted by Gasteiger charge is 2.18. The van der Waals surface area contributed by atoms with Crippen molar-refractivity contribution < 1.29 is 9.53 Å². The second kappa shape index (κ2) is 9.02. The van der Waals surface area contributed by atoms with E-state index in [0.717, 1.165) is 22.7 Å². The molecule has 3 aromatic rings. The minimum absolute atomic E-state index is 0.101. The molecule has 3 rings (SSSR count). The van der Waals surface area contributed by atoms with Crippen molar-refractivity contribution in [3.63, 3.8) is 0 Å². The number of benzene rings is 2. The molecule has 0 bridgehead atoms. The smallest absolute Gasteiger partial charge is 0.257 e. The SMILES string of the molecule is CCc1nc(CN(C)C(=O)c2ccccc2OCc2ccccc2Cl)cs1. The first-order valence-electron chi connectivity index (χ1n) is 8.72. The Morgan fingerprint density at radius 3 is 2.67 bits per heavy atom. The lowest BCUT2D eigenvalue weighted by Gasteiger charge is -2.18. The number of thiazole rings is 1. The summed E-state index contributed by atoms with van der Waals surface area (Å²) < 4.78 is 5.90. The van der Waals surface area contributed by atoms with Crippen LogP contribution in [-0.4, -0.2) is 22.8 Å². The highest BCUT2D eigenvalue weighted by molar-refractivity contribution is 7.09. The van der Waals surface area contributed by atoms with Crippen molar-refractivity contribution in [2.24, 2.45) is 0 Å². The lowest BCUT2D eigenvalue weighted by atomic mass is 10.1. The summed E-state index contributed by atoms with van der Waals surface area (Å²) >= 11 is 7.81. The minimum Gasteiger partial charge on any atom is -0.488 e. The molecule has 1 aromatic heterocycles. The second-order valence-electron chi connectivity index (χ2n) is 6.12. The van der Waals surface area contributed by atoms with Crippen molar-refractivity contribution in [1.29, 1.82) is 0 Å². The molecule has 0 unspecified atom stereocenters. The van der Waals surface area contributed by atoms with Crippen LogP contribution in [0.5, 0.6) is 5.75 Å². The second-order valence-corrected chi connectivity index (χ2v) is 7.47. The lowest BCUT2D eigenvalue weighted by Crippen LogP contribution is -2.26. The van der Waals surface area contributed by atoms with E-state index in [9.17, 15) is 4.79 Å². The van der Waals surface area contributed by atoms with E-state index in [1.165, 1.54) is 0 Å². The summed E-state index contributed by atoms with van der Waals surface area (Å²) in [6.07, 6.45) is 0.904. The van der Waals surface area contributed by atoms with Gasteiger partial charge in [-0.05, 0) is 24.6 Å². The molecule has 2 aromatic carbocycles. The largest absolute Gasteiger partial charge is 0.488 e. The van der Waals surface area contributed by atoms with E-state index in [-0.39, 0.29) is 5.91 Å². The molecule has 0 fully saturated rings. The third-order valence-corrected chi connectivity index (χ3v) is 5.52. The maximum atomic E-state index is 12.9. The highest BCUT2D eigenvalue weighted by atomic mass is 35.5. The number of halogens is 1. The maximum absolute atomic E-state index is 12.9. The van der Waals surface area contributed by atoms with E-state index < -0.39 is 0 Å². The zero-order valence-electron chi connectivity index (χ0n) is 15.3. The fourth-order valence-electron chi connectivity index (χ4n) is 2.64. The topological polar surface area (TPSA) is 42.4 Å². The Morgan fingerprint density at radius 2 is 1.93 bits per heavy atom. The van der Waals surface area contributed by atoms with Gasteiger partial charge in [0.2, 0.25) is 0 Å². The van der Waals surface area contributed by atoms with Gasteiger partial charge in [-0.15, -0.1) is 11.3 Å². The van der Waals surface area contributed by atoms with Crippen LogP contribution in [0.15, 0.2) is 53.9 Å². The van der Waals surface area contributed by atoms with Crippen LogP contribution in [0, 0.1) is 0 Å². The van der Waals surface area contributed by atoms with Crippen molar-refractivity contribution in [3.8, 4) is 5.75 Å². The first-order valence-corrected chi connectivity index (χ1v) is 9.98. The van der Waals surface area contributed by atoms with Gasteiger partial charge in [0.25, 0.3) is 5.91 Å². The Bertz CT molecular complexity index is 926. The molecule has 0 aliphatic carbocycles. The van der Waals surface area contributed by atoms with Gasteiger partial charge in [0.15, 0.2) is 0 Å². The molecular formula is C21H21ClN2O2S. The van der Waals surface area contributed by atoms with E-state index >= 15 is 0 Å². The number of rotatable bonds is 7. The predicted molar refractivity (Wildman–Crippen MR) is 110 cm³/mol. The Labute approximate surface area is 168 Å². The molecule has 0 aliphatic rings. The summed E-state index contributed by atoms with van der Waals surface area (Å²) in [7, 11) is 1.78. The number of hydrogen-bond acceptors (Lipinski definition) is 4. The molecule has 1 amide bonds. The molecule has 0 aliphatic heterocycles. The number of carbonyl (C=O) groups is 1. The van der Waals surface area contributed by atoms with Crippen LogP contribution in [0.25, 0.3) is 0 Å². The molecule has 0 atom stereocenters. The fourth-order valence-corrected chi connectivity index (χ4v) is 3.57. The van der Waals surface area contributed by atoms with Crippen LogP contribution in [0.1, 0.15) is 33.5 Å². The zero-order valence-corrected chi connectivity index (χ0v) is 16.9. The summed E-state index contributed by atoms with van der Waals surface area (Å²) in [5.41, 5.74) is 2.31. The molecule has 0 spiro atoms. The number of nitrogens with zero attached hydrogens (tertiary/aromatic N) is 2.